The average Bonchev–Trinajstić information content (AvgIpc) is 2.25. The van der Waals surface area contributed by atoms with Crippen LogP contribution in [0.3, 0.4) is 0 Å². The van der Waals surface area contributed by atoms with Crippen molar-refractivity contribution in [3.8, 4) is 0 Å². The first kappa shape index (κ1) is 15.4. The van der Waals surface area contributed by atoms with E-state index in [9.17, 15) is 14.4 Å². The second kappa shape index (κ2) is 5.54. The molecule has 1 aromatic carbocycles. The summed E-state index contributed by atoms with van der Waals surface area (Å²) in [4.78, 5) is 18.4. The van der Waals surface area contributed by atoms with E-state index in [0.29, 0.717) is 0 Å². The van der Waals surface area contributed by atoms with E-state index >= 15 is 0 Å². The first-order valence-electron chi connectivity index (χ1n) is 6.02. The highest BCUT2D eigenvalue weighted by Gasteiger charge is 2.45. The Bertz CT molecular complexity index is 414. The molecule has 102 valence electrons. The van der Waals surface area contributed by atoms with Gasteiger partial charge in [0.05, 0.1) is 0 Å². The first-order chi connectivity index (χ1) is 8.20. The highest BCUT2D eigenvalue weighted by atomic mass is 31.2. The maximum absolute atomic E-state index is 11.3. The number of hydrogen-bond donors (Lipinski definition) is 2. The molecule has 0 aliphatic heterocycles. The third kappa shape index (κ3) is 3.21. The highest BCUT2D eigenvalue weighted by molar-refractivity contribution is 7.46. The van der Waals surface area contributed by atoms with Crippen molar-refractivity contribution in [3.05, 3.63) is 35.9 Å². The standard InChI is InChI=1S/C13H21O4P/c1-10(2)13(11(3)4,17-18(14,15)16)12-8-6-5-7-9-12/h5-11H,1-4H3,(H2,14,15,16). The van der Waals surface area contributed by atoms with Gasteiger partial charge in [0, 0.05) is 0 Å². The minimum absolute atomic E-state index is 0.0625. The van der Waals surface area contributed by atoms with Crippen molar-refractivity contribution in [1.29, 1.82) is 0 Å². The molecular weight excluding hydrogens is 251 g/mol. The summed E-state index contributed by atoms with van der Waals surface area (Å²) in [6, 6.07) is 9.24. The van der Waals surface area contributed by atoms with Crippen LogP contribution < -0.4 is 0 Å². The summed E-state index contributed by atoms with van der Waals surface area (Å²) in [7, 11) is -4.56. The molecule has 5 heteroatoms. The van der Waals surface area contributed by atoms with Crippen molar-refractivity contribution in [2.45, 2.75) is 33.3 Å². The predicted molar refractivity (Wildman–Crippen MR) is 70.9 cm³/mol. The van der Waals surface area contributed by atoms with Crippen LogP contribution in [-0.4, -0.2) is 9.79 Å². The zero-order valence-electron chi connectivity index (χ0n) is 11.2. The van der Waals surface area contributed by atoms with E-state index in [1.54, 1.807) is 0 Å². The van der Waals surface area contributed by atoms with Gasteiger partial charge in [-0.05, 0) is 17.4 Å². The molecule has 0 saturated carbocycles. The lowest BCUT2D eigenvalue weighted by Crippen LogP contribution is -2.40. The molecule has 0 aromatic heterocycles. The second-order valence-electron chi connectivity index (χ2n) is 5.05. The van der Waals surface area contributed by atoms with Gasteiger partial charge in [0.2, 0.25) is 0 Å². The number of benzene rings is 1. The van der Waals surface area contributed by atoms with E-state index < -0.39 is 13.4 Å². The van der Waals surface area contributed by atoms with Crippen molar-refractivity contribution in [2.75, 3.05) is 0 Å². The first-order valence-corrected chi connectivity index (χ1v) is 7.55. The zero-order chi connectivity index (χ0) is 14.0. The van der Waals surface area contributed by atoms with Crippen LogP contribution in [0.1, 0.15) is 33.3 Å². The number of phosphoric acid groups is 1. The number of phosphoric ester groups is 1. The normalized spacial score (nSPS) is 13.3. The van der Waals surface area contributed by atoms with Gasteiger partial charge >= 0.3 is 7.82 Å². The van der Waals surface area contributed by atoms with Crippen molar-refractivity contribution in [1.82, 2.24) is 0 Å². The molecule has 0 aliphatic carbocycles. The predicted octanol–water partition coefficient (Wildman–Crippen LogP) is 3.30. The molecule has 2 N–H and O–H groups in total. The van der Waals surface area contributed by atoms with Gasteiger partial charge < -0.3 is 9.79 Å². The summed E-state index contributed by atoms with van der Waals surface area (Å²) in [6.45, 7) is 7.62. The molecule has 0 spiro atoms. The van der Waals surface area contributed by atoms with Gasteiger partial charge in [0.25, 0.3) is 0 Å². The van der Waals surface area contributed by atoms with Crippen LogP contribution >= 0.6 is 7.82 Å². The zero-order valence-corrected chi connectivity index (χ0v) is 12.1. The van der Waals surface area contributed by atoms with Crippen LogP contribution in [0.2, 0.25) is 0 Å². The van der Waals surface area contributed by atoms with E-state index in [4.69, 9.17) is 4.52 Å². The molecule has 1 aromatic rings. The monoisotopic (exact) mass is 272 g/mol. The molecule has 4 nitrogen and oxygen atoms in total. The molecule has 0 fully saturated rings. The molecule has 0 atom stereocenters. The van der Waals surface area contributed by atoms with E-state index in [-0.39, 0.29) is 11.8 Å². The molecule has 0 saturated heterocycles. The maximum atomic E-state index is 11.3. The summed E-state index contributed by atoms with van der Waals surface area (Å²) in [6.07, 6.45) is 0. The lowest BCUT2D eigenvalue weighted by atomic mass is 9.75. The molecule has 0 heterocycles. The fourth-order valence-electron chi connectivity index (χ4n) is 2.49. The van der Waals surface area contributed by atoms with Crippen LogP contribution in [0.25, 0.3) is 0 Å². The summed E-state index contributed by atoms with van der Waals surface area (Å²) < 4.78 is 16.5. The quantitative estimate of drug-likeness (QED) is 0.807. The Kier molecular flexibility index (Phi) is 4.73. The Labute approximate surface area is 108 Å². The van der Waals surface area contributed by atoms with Gasteiger partial charge in [-0.1, -0.05) is 58.0 Å². The largest absolute Gasteiger partial charge is 0.470 e. The van der Waals surface area contributed by atoms with E-state index in [1.807, 2.05) is 58.0 Å². The van der Waals surface area contributed by atoms with Crippen LogP contribution in [0.15, 0.2) is 30.3 Å². The van der Waals surface area contributed by atoms with Gasteiger partial charge in [-0.25, -0.2) is 4.57 Å². The van der Waals surface area contributed by atoms with Gasteiger partial charge in [0.15, 0.2) is 0 Å². The van der Waals surface area contributed by atoms with Crippen LogP contribution in [0.4, 0.5) is 0 Å². The van der Waals surface area contributed by atoms with Crippen molar-refractivity contribution >= 4 is 7.82 Å². The summed E-state index contributed by atoms with van der Waals surface area (Å²) in [5.41, 5.74) is -0.196. The fourth-order valence-corrected chi connectivity index (χ4v) is 3.41. The van der Waals surface area contributed by atoms with Gasteiger partial charge in [0.1, 0.15) is 5.60 Å². The van der Waals surface area contributed by atoms with Crippen molar-refractivity contribution in [3.63, 3.8) is 0 Å². The van der Waals surface area contributed by atoms with Crippen LogP contribution in [-0.2, 0) is 14.7 Å². The van der Waals surface area contributed by atoms with E-state index in [1.165, 1.54) is 0 Å². The van der Waals surface area contributed by atoms with E-state index in [2.05, 4.69) is 0 Å². The topological polar surface area (TPSA) is 66.8 Å². The van der Waals surface area contributed by atoms with Gasteiger partial charge in [-0.3, -0.25) is 4.52 Å². The summed E-state index contributed by atoms with van der Waals surface area (Å²) in [5, 5.41) is 0. The van der Waals surface area contributed by atoms with Crippen LogP contribution in [0.5, 0.6) is 0 Å². The lowest BCUT2D eigenvalue weighted by Gasteiger charge is -2.41. The number of hydrogen-bond acceptors (Lipinski definition) is 2. The Morgan fingerprint density at radius 1 is 1.06 bits per heavy atom. The third-order valence-electron chi connectivity index (χ3n) is 3.21. The Morgan fingerprint density at radius 3 is 1.83 bits per heavy atom. The Morgan fingerprint density at radius 2 is 1.50 bits per heavy atom. The third-order valence-corrected chi connectivity index (χ3v) is 3.75. The minimum Gasteiger partial charge on any atom is -0.303 e. The lowest BCUT2D eigenvalue weighted by molar-refractivity contribution is -0.0483. The van der Waals surface area contributed by atoms with Crippen molar-refractivity contribution < 1.29 is 18.9 Å². The average molecular weight is 272 g/mol. The SMILES string of the molecule is CC(C)C(OP(=O)(O)O)(c1ccccc1)C(C)C. The smallest absolute Gasteiger partial charge is 0.303 e. The Hall–Kier alpha value is -0.670. The molecule has 0 unspecified atom stereocenters. The molecule has 18 heavy (non-hydrogen) atoms. The highest BCUT2D eigenvalue weighted by Crippen LogP contribution is 2.52. The molecule has 1 rings (SSSR count). The Balaban J connectivity index is 3.36. The van der Waals surface area contributed by atoms with Gasteiger partial charge in [-0.15, -0.1) is 0 Å². The fraction of sp³-hybridized carbons (Fsp3) is 0.538. The van der Waals surface area contributed by atoms with Crippen LogP contribution in [0, 0.1) is 11.8 Å². The summed E-state index contributed by atoms with van der Waals surface area (Å²) >= 11 is 0. The molecule has 0 amide bonds. The minimum atomic E-state index is -4.56. The molecular formula is C13H21O4P. The molecule has 0 radical (unpaired) electrons. The number of rotatable bonds is 5. The van der Waals surface area contributed by atoms with E-state index in [0.717, 1.165) is 5.56 Å². The second-order valence-corrected chi connectivity index (χ2v) is 6.21. The van der Waals surface area contributed by atoms with Crippen molar-refractivity contribution in [2.24, 2.45) is 11.8 Å². The van der Waals surface area contributed by atoms with Gasteiger partial charge in [-0.2, -0.15) is 0 Å². The summed E-state index contributed by atoms with van der Waals surface area (Å²) in [5.74, 6) is -0.125. The molecule has 0 bridgehead atoms. The maximum Gasteiger partial charge on any atom is 0.470 e. The molecule has 0 aliphatic rings.